The fraction of sp³-hybridized carbons (Fsp3) is 0.875. The molecule has 0 aliphatic rings. The van der Waals surface area contributed by atoms with Gasteiger partial charge in [-0.05, 0) is 32.2 Å². The second kappa shape index (κ2) is 14.8. The van der Waals surface area contributed by atoms with E-state index in [4.69, 9.17) is 16.6 Å². The Kier molecular flexibility index (Phi) is 14.0. The molecule has 6 nitrogen and oxygen atoms in total. The predicted molar refractivity (Wildman–Crippen MR) is 88.2 cm³/mol. The molecule has 0 aromatic carbocycles. The maximum Gasteiger partial charge on any atom is 0.303 e. The lowest BCUT2D eigenvalue weighted by molar-refractivity contribution is -0.137. The standard InChI is InChI=1S/C16H33N3O3/c17-13-9-5-6-10-14(18)19-15(20)11-7-3-1-2-4-8-12-16(21)22/h14H,1-13,17-18H2,(H,19,20)(H,21,22). The van der Waals surface area contributed by atoms with Gasteiger partial charge in [0.15, 0.2) is 0 Å². The zero-order chi connectivity index (χ0) is 16.6. The van der Waals surface area contributed by atoms with Crippen molar-refractivity contribution < 1.29 is 14.7 Å². The summed E-state index contributed by atoms with van der Waals surface area (Å²) in [5.41, 5.74) is 11.3. The highest BCUT2D eigenvalue weighted by Gasteiger charge is 2.07. The Bertz CT molecular complexity index is 298. The Balaban J connectivity index is 3.36. The number of rotatable bonds is 15. The first kappa shape index (κ1) is 20.9. The first-order valence-electron chi connectivity index (χ1n) is 8.53. The summed E-state index contributed by atoms with van der Waals surface area (Å²) in [6.07, 6.45) is 10.0. The lowest BCUT2D eigenvalue weighted by Crippen LogP contribution is -2.41. The number of amides is 1. The van der Waals surface area contributed by atoms with Gasteiger partial charge in [0.05, 0.1) is 6.17 Å². The number of carbonyl (C=O) groups excluding carboxylic acids is 1. The summed E-state index contributed by atoms with van der Waals surface area (Å²) in [5, 5.41) is 11.3. The van der Waals surface area contributed by atoms with E-state index in [-0.39, 0.29) is 18.5 Å². The number of carbonyl (C=O) groups is 2. The molecule has 0 radical (unpaired) electrons. The first-order chi connectivity index (χ1) is 10.6. The summed E-state index contributed by atoms with van der Waals surface area (Å²) in [6, 6.07) is 0. The average molecular weight is 315 g/mol. The average Bonchev–Trinajstić information content (AvgIpc) is 2.46. The van der Waals surface area contributed by atoms with Crippen molar-refractivity contribution >= 4 is 11.9 Å². The Hall–Kier alpha value is -1.14. The van der Waals surface area contributed by atoms with Crippen LogP contribution in [0.3, 0.4) is 0 Å². The van der Waals surface area contributed by atoms with Crippen LogP contribution >= 0.6 is 0 Å². The number of aliphatic carboxylic acids is 1. The van der Waals surface area contributed by atoms with E-state index in [1.165, 1.54) is 0 Å². The minimum Gasteiger partial charge on any atom is -0.481 e. The summed E-state index contributed by atoms with van der Waals surface area (Å²) in [5.74, 6) is -0.701. The lowest BCUT2D eigenvalue weighted by atomic mass is 10.1. The zero-order valence-electron chi connectivity index (χ0n) is 13.7. The van der Waals surface area contributed by atoms with Crippen LogP contribution in [0, 0.1) is 0 Å². The van der Waals surface area contributed by atoms with Gasteiger partial charge in [0.25, 0.3) is 0 Å². The van der Waals surface area contributed by atoms with Crippen molar-refractivity contribution in [2.24, 2.45) is 11.5 Å². The van der Waals surface area contributed by atoms with Gasteiger partial charge in [-0.2, -0.15) is 0 Å². The summed E-state index contributed by atoms with van der Waals surface area (Å²) in [4.78, 5) is 22.0. The van der Waals surface area contributed by atoms with Crippen LogP contribution in [-0.2, 0) is 9.59 Å². The van der Waals surface area contributed by atoms with Crippen molar-refractivity contribution in [2.75, 3.05) is 6.54 Å². The zero-order valence-corrected chi connectivity index (χ0v) is 13.7. The number of unbranched alkanes of at least 4 members (excludes halogenated alkanes) is 7. The molecule has 0 aliphatic heterocycles. The van der Waals surface area contributed by atoms with E-state index in [1.807, 2.05) is 0 Å². The Labute approximate surface area is 134 Å². The van der Waals surface area contributed by atoms with E-state index < -0.39 is 5.97 Å². The highest BCUT2D eigenvalue weighted by Crippen LogP contribution is 2.08. The molecule has 6 heteroatoms. The van der Waals surface area contributed by atoms with E-state index in [2.05, 4.69) is 5.32 Å². The van der Waals surface area contributed by atoms with E-state index in [9.17, 15) is 9.59 Å². The van der Waals surface area contributed by atoms with Gasteiger partial charge in [0.1, 0.15) is 0 Å². The van der Waals surface area contributed by atoms with Crippen LogP contribution in [0.15, 0.2) is 0 Å². The molecule has 130 valence electrons. The van der Waals surface area contributed by atoms with Crippen LogP contribution < -0.4 is 16.8 Å². The minimum absolute atomic E-state index is 0.0252. The first-order valence-corrected chi connectivity index (χ1v) is 8.53. The number of carboxylic acids is 1. The Morgan fingerprint density at radius 1 is 0.864 bits per heavy atom. The third kappa shape index (κ3) is 15.3. The molecule has 1 unspecified atom stereocenters. The molecule has 0 bridgehead atoms. The topological polar surface area (TPSA) is 118 Å². The quantitative estimate of drug-likeness (QED) is 0.273. The molecule has 22 heavy (non-hydrogen) atoms. The van der Waals surface area contributed by atoms with Crippen LogP contribution in [0.5, 0.6) is 0 Å². The molecule has 1 amide bonds. The monoisotopic (exact) mass is 315 g/mol. The number of hydrogen-bond donors (Lipinski definition) is 4. The molecule has 6 N–H and O–H groups in total. The van der Waals surface area contributed by atoms with E-state index in [0.717, 1.165) is 64.2 Å². The predicted octanol–water partition coefficient (Wildman–Crippen LogP) is 2.11. The maximum atomic E-state index is 11.7. The van der Waals surface area contributed by atoms with Gasteiger partial charge in [-0.15, -0.1) is 0 Å². The van der Waals surface area contributed by atoms with Crippen molar-refractivity contribution in [3.8, 4) is 0 Å². The van der Waals surface area contributed by atoms with Crippen LogP contribution in [0.4, 0.5) is 0 Å². The number of nitrogens with one attached hydrogen (secondary N) is 1. The summed E-state index contributed by atoms with van der Waals surface area (Å²) < 4.78 is 0. The molecular formula is C16H33N3O3. The maximum absolute atomic E-state index is 11.7. The minimum atomic E-state index is -0.726. The van der Waals surface area contributed by atoms with E-state index in [0.29, 0.717) is 13.0 Å². The van der Waals surface area contributed by atoms with Gasteiger partial charge in [-0.3, -0.25) is 9.59 Å². The molecule has 0 heterocycles. The van der Waals surface area contributed by atoms with Crippen molar-refractivity contribution in [2.45, 2.75) is 83.2 Å². The number of nitrogens with two attached hydrogens (primary N) is 2. The van der Waals surface area contributed by atoms with Crippen LogP contribution in [0.1, 0.15) is 77.0 Å². The molecule has 0 saturated carbocycles. The highest BCUT2D eigenvalue weighted by molar-refractivity contribution is 5.76. The summed E-state index contributed by atoms with van der Waals surface area (Å²) in [7, 11) is 0. The fourth-order valence-corrected chi connectivity index (χ4v) is 2.31. The third-order valence-electron chi connectivity index (χ3n) is 3.61. The van der Waals surface area contributed by atoms with Crippen molar-refractivity contribution in [1.29, 1.82) is 0 Å². The van der Waals surface area contributed by atoms with Crippen LogP contribution in [0.25, 0.3) is 0 Å². The molecule has 0 aromatic rings. The lowest BCUT2D eigenvalue weighted by Gasteiger charge is -2.13. The van der Waals surface area contributed by atoms with Gasteiger partial charge < -0.3 is 21.9 Å². The van der Waals surface area contributed by atoms with Gasteiger partial charge in [-0.1, -0.05) is 38.5 Å². The van der Waals surface area contributed by atoms with Gasteiger partial charge in [0.2, 0.25) is 5.91 Å². The summed E-state index contributed by atoms with van der Waals surface area (Å²) >= 11 is 0. The van der Waals surface area contributed by atoms with Crippen molar-refractivity contribution in [3.63, 3.8) is 0 Å². The van der Waals surface area contributed by atoms with Gasteiger partial charge >= 0.3 is 5.97 Å². The van der Waals surface area contributed by atoms with Crippen molar-refractivity contribution in [1.82, 2.24) is 5.32 Å². The van der Waals surface area contributed by atoms with E-state index in [1.54, 1.807) is 0 Å². The van der Waals surface area contributed by atoms with Crippen molar-refractivity contribution in [3.05, 3.63) is 0 Å². The van der Waals surface area contributed by atoms with Gasteiger partial charge in [0, 0.05) is 12.8 Å². The molecule has 0 spiro atoms. The van der Waals surface area contributed by atoms with Crippen LogP contribution in [-0.4, -0.2) is 29.7 Å². The fourth-order valence-electron chi connectivity index (χ4n) is 2.31. The smallest absolute Gasteiger partial charge is 0.303 e. The molecule has 0 fully saturated rings. The summed E-state index contributed by atoms with van der Waals surface area (Å²) in [6.45, 7) is 0.706. The molecular weight excluding hydrogens is 282 g/mol. The van der Waals surface area contributed by atoms with E-state index >= 15 is 0 Å². The molecule has 1 atom stereocenters. The second-order valence-corrected chi connectivity index (χ2v) is 5.83. The largest absolute Gasteiger partial charge is 0.481 e. The molecule has 0 rings (SSSR count). The van der Waals surface area contributed by atoms with Crippen LogP contribution in [0.2, 0.25) is 0 Å². The number of carboxylic acid groups (broad SMARTS) is 1. The van der Waals surface area contributed by atoms with Gasteiger partial charge in [-0.25, -0.2) is 0 Å². The Morgan fingerprint density at radius 3 is 2.00 bits per heavy atom. The third-order valence-corrected chi connectivity index (χ3v) is 3.61. The second-order valence-electron chi connectivity index (χ2n) is 5.83. The SMILES string of the molecule is NCCCCCC(N)NC(=O)CCCCCCCCC(=O)O. The molecule has 0 saturated heterocycles. The molecule has 0 aliphatic carbocycles. The Morgan fingerprint density at radius 2 is 1.41 bits per heavy atom. The normalized spacial score (nSPS) is 12.1. The molecule has 0 aromatic heterocycles. The highest BCUT2D eigenvalue weighted by atomic mass is 16.4. The number of hydrogen-bond acceptors (Lipinski definition) is 4.